The molecule has 2 rings (SSSR count). The number of hydrogen-bond donors (Lipinski definition) is 1. The van der Waals surface area contributed by atoms with Gasteiger partial charge in [-0.1, -0.05) is 29.3 Å². The van der Waals surface area contributed by atoms with Crippen molar-refractivity contribution in [2.75, 3.05) is 5.32 Å². The smallest absolute Gasteiger partial charge is 0.259 e. The quantitative estimate of drug-likeness (QED) is 0.767. The molecule has 0 unspecified atom stereocenters. The van der Waals surface area contributed by atoms with Crippen molar-refractivity contribution in [3.63, 3.8) is 0 Å². The standard InChI is InChI=1S/C11H5Br2Cl2N3O/c12-7-4-16-10(9(13)17-7)18-11(19)8-5(14)2-1-3-6(8)15/h1-4H,(H,16,18,19). The van der Waals surface area contributed by atoms with Crippen LogP contribution in [0.2, 0.25) is 10.0 Å². The molecule has 1 heterocycles. The zero-order valence-corrected chi connectivity index (χ0v) is 13.8. The largest absolute Gasteiger partial charge is 0.304 e. The van der Waals surface area contributed by atoms with E-state index in [-0.39, 0.29) is 21.4 Å². The topological polar surface area (TPSA) is 54.9 Å². The molecule has 0 radical (unpaired) electrons. The van der Waals surface area contributed by atoms with Gasteiger partial charge >= 0.3 is 0 Å². The third-order valence-electron chi connectivity index (χ3n) is 2.12. The number of amides is 1. The van der Waals surface area contributed by atoms with Crippen LogP contribution in [0.3, 0.4) is 0 Å². The zero-order valence-electron chi connectivity index (χ0n) is 9.12. The number of nitrogens with zero attached hydrogens (tertiary/aromatic N) is 2. The van der Waals surface area contributed by atoms with Crippen molar-refractivity contribution >= 4 is 66.8 Å². The van der Waals surface area contributed by atoms with Gasteiger partial charge in [0, 0.05) is 0 Å². The Hall–Kier alpha value is -0.690. The normalized spacial score (nSPS) is 10.3. The Kier molecular flexibility index (Phi) is 4.78. The van der Waals surface area contributed by atoms with E-state index in [1.807, 2.05) is 0 Å². The predicted octanol–water partition coefficient (Wildman–Crippen LogP) is 4.56. The molecule has 0 saturated carbocycles. The number of carbonyl (C=O) groups excluding carboxylic acids is 1. The number of nitrogens with one attached hydrogen (secondary N) is 1. The average Bonchev–Trinajstić information content (AvgIpc) is 2.32. The molecule has 1 N–H and O–H groups in total. The second-order valence-electron chi connectivity index (χ2n) is 3.38. The Morgan fingerprint density at radius 3 is 2.42 bits per heavy atom. The minimum atomic E-state index is -0.451. The van der Waals surface area contributed by atoms with Crippen LogP contribution >= 0.6 is 55.1 Å². The lowest BCUT2D eigenvalue weighted by Gasteiger charge is -2.08. The highest BCUT2D eigenvalue weighted by atomic mass is 79.9. The van der Waals surface area contributed by atoms with Crippen LogP contribution in [0.1, 0.15) is 10.4 Å². The Bertz CT molecular complexity index is 632. The van der Waals surface area contributed by atoms with Crippen LogP contribution < -0.4 is 5.32 Å². The predicted molar refractivity (Wildman–Crippen MR) is 81.8 cm³/mol. The van der Waals surface area contributed by atoms with Crippen LogP contribution in [0.5, 0.6) is 0 Å². The van der Waals surface area contributed by atoms with Gasteiger partial charge in [-0.05, 0) is 44.0 Å². The van der Waals surface area contributed by atoms with E-state index in [1.165, 1.54) is 6.20 Å². The summed E-state index contributed by atoms with van der Waals surface area (Å²) in [6, 6.07) is 4.84. The van der Waals surface area contributed by atoms with E-state index in [2.05, 4.69) is 47.1 Å². The van der Waals surface area contributed by atoms with E-state index < -0.39 is 5.91 Å². The molecule has 0 fully saturated rings. The van der Waals surface area contributed by atoms with Crippen molar-refractivity contribution in [1.29, 1.82) is 0 Å². The lowest BCUT2D eigenvalue weighted by atomic mass is 10.2. The third kappa shape index (κ3) is 3.45. The second kappa shape index (κ2) is 6.17. The van der Waals surface area contributed by atoms with Crippen LogP contribution in [0.25, 0.3) is 0 Å². The molecule has 0 aliphatic rings. The van der Waals surface area contributed by atoms with E-state index in [1.54, 1.807) is 18.2 Å². The van der Waals surface area contributed by atoms with E-state index >= 15 is 0 Å². The van der Waals surface area contributed by atoms with Crippen LogP contribution in [0.15, 0.2) is 33.6 Å². The Labute approximate surface area is 135 Å². The maximum atomic E-state index is 12.1. The Morgan fingerprint density at radius 2 is 1.84 bits per heavy atom. The minimum Gasteiger partial charge on any atom is -0.304 e. The summed E-state index contributed by atoms with van der Waals surface area (Å²) < 4.78 is 0.951. The first-order valence-electron chi connectivity index (χ1n) is 4.92. The summed E-state index contributed by atoms with van der Waals surface area (Å²) in [5, 5.41) is 3.13. The summed E-state index contributed by atoms with van der Waals surface area (Å²) in [4.78, 5) is 20.2. The van der Waals surface area contributed by atoms with E-state index in [0.29, 0.717) is 9.21 Å². The zero-order chi connectivity index (χ0) is 14.0. The van der Waals surface area contributed by atoms with Crippen molar-refractivity contribution in [3.05, 3.63) is 49.2 Å². The maximum Gasteiger partial charge on any atom is 0.259 e. The fourth-order valence-corrected chi connectivity index (χ4v) is 2.79. The molecule has 1 aromatic carbocycles. The van der Waals surface area contributed by atoms with Crippen molar-refractivity contribution in [1.82, 2.24) is 9.97 Å². The molecule has 1 aromatic heterocycles. The summed E-state index contributed by atoms with van der Waals surface area (Å²) in [7, 11) is 0. The van der Waals surface area contributed by atoms with Gasteiger partial charge in [0.25, 0.3) is 5.91 Å². The molecule has 0 aliphatic heterocycles. The maximum absolute atomic E-state index is 12.1. The first-order valence-corrected chi connectivity index (χ1v) is 7.26. The molecular weight excluding hydrogens is 421 g/mol. The molecule has 2 aromatic rings. The molecule has 4 nitrogen and oxygen atoms in total. The molecule has 98 valence electrons. The van der Waals surface area contributed by atoms with E-state index in [0.717, 1.165) is 0 Å². The van der Waals surface area contributed by atoms with Gasteiger partial charge in [0.2, 0.25) is 0 Å². The molecule has 0 saturated heterocycles. The lowest BCUT2D eigenvalue weighted by molar-refractivity contribution is 0.102. The molecular formula is C11H5Br2Cl2N3O. The van der Waals surface area contributed by atoms with Gasteiger partial charge < -0.3 is 5.32 Å². The monoisotopic (exact) mass is 423 g/mol. The number of halogens is 4. The van der Waals surface area contributed by atoms with Gasteiger partial charge in [-0.15, -0.1) is 0 Å². The van der Waals surface area contributed by atoms with E-state index in [9.17, 15) is 4.79 Å². The van der Waals surface area contributed by atoms with Gasteiger partial charge in [0.15, 0.2) is 5.82 Å². The molecule has 0 atom stereocenters. The molecule has 0 bridgehead atoms. The minimum absolute atomic E-state index is 0.197. The Morgan fingerprint density at radius 1 is 1.21 bits per heavy atom. The number of benzene rings is 1. The first kappa shape index (κ1) is 14.7. The van der Waals surface area contributed by atoms with Crippen molar-refractivity contribution in [3.8, 4) is 0 Å². The summed E-state index contributed by atoms with van der Waals surface area (Å²) >= 11 is 18.3. The first-order chi connectivity index (χ1) is 8.99. The van der Waals surface area contributed by atoms with Gasteiger partial charge in [-0.25, -0.2) is 9.97 Å². The van der Waals surface area contributed by atoms with Gasteiger partial charge in [0.1, 0.15) is 9.21 Å². The van der Waals surface area contributed by atoms with Crippen LogP contribution in [0, 0.1) is 0 Å². The fourth-order valence-electron chi connectivity index (χ4n) is 1.32. The highest BCUT2D eigenvalue weighted by molar-refractivity contribution is 9.11. The lowest BCUT2D eigenvalue weighted by Crippen LogP contribution is -2.15. The highest BCUT2D eigenvalue weighted by Gasteiger charge is 2.16. The Balaban J connectivity index is 2.31. The number of rotatable bonds is 2. The summed E-state index contributed by atoms with van der Waals surface area (Å²) in [6.07, 6.45) is 1.47. The highest BCUT2D eigenvalue weighted by Crippen LogP contribution is 2.26. The number of carbonyl (C=O) groups is 1. The van der Waals surface area contributed by atoms with Gasteiger partial charge in [-0.2, -0.15) is 0 Å². The summed E-state index contributed by atoms with van der Waals surface area (Å²) in [5.74, 6) is -0.169. The van der Waals surface area contributed by atoms with Crippen LogP contribution in [-0.2, 0) is 0 Å². The number of hydrogen-bond acceptors (Lipinski definition) is 3. The SMILES string of the molecule is O=C(Nc1ncc(Br)nc1Br)c1c(Cl)cccc1Cl. The molecule has 1 amide bonds. The van der Waals surface area contributed by atoms with E-state index in [4.69, 9.17) is 23.2 Å². The summed E-state index contributed by atoms with van der Waals surface area (Å²) in [6.45, 7) is 0. The van der Waals surface area contributed by atoms with Crippen molar-refractivity contribution in [2.45, 2.75) is 0 Å². The molecule has 0 aliphatic carbocycles. The number of anilines is 1. The molecule has 0 spiro atoms. The fraction of sp³-hybridized carbons (Fsp3) is 0. The van der Waals surface area contributed by atoms with Gasteiger partial charge in [0.05, 0.1) is 21.8 Å². The third-order valence-corrected chi connectivity index (χ3v) is 3.69. The molecule has 19 heavy (non-hydrogen) atoms. The van der Waals surface area contributed by atoms with Crippen LogP contribution in [0.4, 0.5) is 5.82 Å². The average molecular weight is 426 g/mol. The molecule has 8 heteroatoms. The second-order valence-corrected chi connectivity index (χ2v) is 5.76. The van der Waals surface area contributed by atoms with Crippen molar-refractivity contribution in [2.24, 2.45) is 0 Å². The summed E-state index contributed by atoms with van der Waals surface area (Å²) in [5.41, 5.74) is 0.197. The number of aromatic nitrogens is 2. The van der Waals surface area contributed by atoms with Crippen LogP contribution in [-0.4, -0.2) is 15.9 Å². The van der Waals surface area contributed by atoms with Gasteiger partial charge in [-0.3, -0.25) is 4.79 Å². The van der Waals surface area contributed by atoms with Crippen molar-refractivity contribution < 1.29 is 4.79 Å².